The summed E-state index contributed by atoms with van der Waals surface area (Å²) in [6, 6.07) is 8.19. The Balaban J connectivity index is 0.00000128. The molecule has 238 valence electrons. The second-order valence-corrected chi connectivity index (χ2v) is 12.2. The molecule has 3 aliphatic rings. The molecule has 2 aliphatic carbocycles. The van der Waals surface area contributed by atoms with Crippen LogP contribution in [0.1, 0.15) is 71.6 Å². The number of benzene rings is 2. The van der Waals surface area contributed by atoms with Gasteiger partial charge >= 0.3 is 0 Å². The number of nitrogens with one attached hydrogen (secondary N) is 1. The van der Waals surface area contributed by atoms with E-state index in [-0.39, 0.29) is 39.9 Å². The molecule has 1 aromatic heterocycles. The first-order valence-electron chi connectivity index (χ1n) is 14.5. The maximum Gasteiger partial charge on any atom is 0.251 e. The van der Waals surface area contributed by atoms with Gasteiger partial charge in [-0.3, -0.25) is 14.6 Å². The molecule has 2 amide bonds. The Morgan fingerprint density at radius 2 is 1.91 bits per heavy atom. The SMILES string of the molecule is COc1cc(C(=O)NCC(c2cc3c(c(-c4cc(Cl)c(F)c(Cl)c4)n2)OCC3C)C2CC2)cc(/C=N/C2(F)CC2)c1N.NC=O. The summed E-state index contributed by atoms with van der Waals surface area (Å²) in [7, 11) is 1.46. The molecule has 2 saturated carbocycles. The number of aromatic nitrogens is 1. The number of nitrogens with two attached hydrogens (primary N) is 2. The Bertz CT molecular complexity index is 1640. The Morgan fingerprint density at radius 3 is 2.51 bits per heavy atom. The average Bonchev–Trinajstić information content (AvgIpc) is 3.95. The van der Waals surface area contributed by atoms with Crippen LogP contribution in [0.25, 0.3) is 11.3 Å². The van der Waals surface area contributed by atoms with Crippen molar-refractivity contribution in [3.63, 3.8) is 0 Å². The van der Waals surface area contributed by atoms with Crippen LogP contribution in [0.3, 0.4) is 0 Å². The molecule has 9 nitrogen and oxygen atoms in total. The van der Waals surface area contributed by atoms with Gasteiger partial charge in [-0.05, 0) is 49.1 Å². The van der Waals surface area contributed by atoms with Crippen molar-refractivity contribution < 1.29 is 27.8 Å². The summed E-state index contributed by atoms with van der Waals surface area (Å²) >= 11 is 12.2. The van der Waals surface area contributed by atoms with Crippen molar-refractivity contribution in [3.05, 3.63) is 68.6 Å². The minimum atomic E-state index is -1.55. The topological polar surface area (TPSA) is 142 Å². The van der Waals surface area contributed by atoms with Gasteiger partial charge in [0.05, 0.1) is 29.4 Å². The highest BCUT2D eigenvalue weighted by Crippen LogP contribution is 2.47. The van der Waals surface area contributed by atoms with Crippen LogP contribution in [0, 0.1) is 11.7 Å². The predicted molar refractivity (Wildman–Crippen MR) is 170 cm³/mol. The number of primary amides is 1. The molecular formula is C32H33Cl2F2N5O4. The van der Waals surface area contributed by atoms with Crippen molar-refractivity contribution in [3.8, 4) is 22.8 Å². The normalized spacial score (nSPS) is 18.3. The van der Waals surface area contributed by atoms with E-state index >= 15 is 0 Å². The molecule has 0 saturated heterocycles. The summed E-state index contributed by atoms with van der Waals surface area (Å²) < 4.78 is 39.7. The zero-order valence-electron chi connectivity index (χ0n) is 24.7. The lowest BCUT2D eigenvalue weighted by Gasteiger charge is -2.20. The molecule has 6 rings (SSSR count). The molecule has 0 spiro atoms. The number of anilines is 1. The van der Waals surface area contributed by atoms with Crippen LogP contribution < -0.4 is 26.3 Å². The van der Waals surface area contributed by atoms with Gasteiger partial charge in [-0.25, -0.2) is 13.8 Å². The van der Waals surface area contributed by atoms with Crippen LogP contribution in [0.5, 0.6) is 11.5 Å². The number of amides is 2. The number of rotatable bonds is 9. The van der Waals surface area contributed by atoms with Gasteiger partial charge in [0.25, 0.3) is 5.91 Å². The van der Waals surface area contributed by atoms with Gasteiger partial charge in [-0.15, -0.1) is 0 Å². The maximum absolute atomic E-state index is 14.2. The third-order valence-corrected chi connectivity index (χ3v) is 8.64. The Labute approximate surface area is 269 Å². The van der Waals surface area contributed by atoms with Crippen molar-refractivity contribution >= 4 is 47.4 Å². The zero-order chi connectivity index (χ0) is 32.5. The number of hydrogen-bond donors (Lipinski definition) is 3. The van der Waals surface area contributed by atoms with E-state index in [2.05, 4.69) is 23.0 Å². The van der Waals surface area contributed by atoms with Crippen molar-refractivity contribution in [1.82, 2.24) is 10.3 Å². The summed E-state index contributed by atoms with van der Waals surface area (Å²) in [5.74, 6) is -1.24. The molecule has 13 heteroatoms. The van der Waals surface area contributed by atoms with Crippen LogP contribution in [0.15, 0.2) is 35.3 Å². The number of alkyl halides is 1. The molecule has 3 aromatic rings. The van der Waals surface area contributed by atoms with E-state index in [1.807, 2.05) is 6.07 Å². The number of fused-ring (bicyclic) bond motifs is 1. The van der Waals surface area contributed by atoms with Gasteiger partial charge < -0.3 is 26.3 Å². The highest BCUT2D eigenvalue weighted by molar-refractivity contribution is 6.35. The van der Waals surface area contributed by atoms with Crippen molar-refractivity contribution in [2.45, 2.75) is 50.2 Å². The van der Waals surface area contributed by atoms with E-state index in [0.717, 1.165) is 24.1 Å². The highest BCUT2D eigenvalue weighted by Gasteiger charge is 2.42. The van der Waals surface area contributed by atoms with Gasteiger partial charge in [-0.2, -0.15) is 0 Å². The molecule has 0 radical (unpaired) electrons. The lowest BCUT2D eigenvalue weighted by Crippen LogP contribution is -2.30. The summed E-state index contributed by atoms with van der Waals surface area (Å²) in [5, 5.41) is 2.85. The fraction of sp³-hybridized carbons (Fsp3) is 0.375. The highest BCUT2D eigenvalue weighted by atomic mass is 35.5. The van der Waals surface area contributed by atoms with E-state index < -0.39 is 11.6 Å². The summed E-state index contributed by atoms with van der Waals surface area (Å²) in [6.45, 7) is 2.90. The zero-order valence-corrected chi connectivity index (χ0v) is 26.2. The Kier molecular flexibility index (Phi) is 9.50. The fourth-order valence-corrected chi connectivity index (χ4v) is 5.74. The number of carbonyl (C=O) groups excluding carboxylic acids is 2. The number of hydrogen-bond acceptors (Lipinski definition) is 7. The summed E-state index contributed by atoms with van der Waals surface area (Å²) in [6.07, 6.45) is 4.37. The van der Waals surface area contributed by atoms with Gasteiger partial charge in [0.2, 0.25) is 6.41 Å². The number of ether oxygens (including phenoxy) is 2. The van der Waals surface area contributed by atoms with E-state index in [1.165, 1.54) is 25.5 Å². The number of nitrogen functional groups attached to an aromatic ring is 1. The van der Waals surface area contributed by atoms with E-state index in [9.17, 15) is 13.6 Å². The standard InChI is InChI=1S/C31H30Cl2F2N4O3.CH3NO/c1-15-14-42-29-20(15)11-24(39-28(29)17-8-22(32)26(34)23(33)9-17)21(16-3-4-16)13-37-30(40)18-7-19(12-38-31(35)5-6-31)27(36)25(10-18)41-2;2-1-3/h7-12,15-16,21H,3-6,13-14,36H2,1-2H3,(H,37,40);1H,(H2,2,3)/b38-12+;. The van der Waals surface area contributed by atoms with Crippen molar-refractivity contribution in [1.29, 1.82) is 0 Å². The fourth-order valence-electron chi connectivity index (χ4n) is 5.26. The largest absolute Gasteiger partial charge is 0.495 e. The third kappa shape index (κ3) is 7.15. The Hall–Kier alpha value is -3.96. The van der Waals surface area contributed by atoms with Gasteiger partial charge in [0.1, 0.15) is 17.2 Å². The first kappa shape index (κ1) is 32.4. The molecule has 2 fully saturated rings. The molecule has 1 aliphatic heterocycles. The number of aliphatic imine (C=N–C) groups is 1. The monoisotopic (exact) mass is 659 g/mol. The number of pyridine rings is 1. The molecule has 2 unspecified atom stereocenters. The molecule has 2 heterocycles. The summed E-state index contributed by atoms with van der Waals surface area (Å²) in [4.78, 5) is 30.9. The van der Waals surface area contributed by atoms with Crippen LogP contribution in [-0.4, -0.2) is 49.6 Å². The van der Waals surface area contributed by atoms with E-state index in [4.69, 9.17) is 48.2 Å². The quantitative estimate of drug-likeness (QED) is 0.0823. The van der Waals surface area contributed by atoms with Crippen molar-refractivity contribution in [2.75, 3.05) is 26.0 Å². The van der Waals surface area contributed by atoms with Crippen LogP contribution in [0.2, 0.25) is 10.0 Å². The minimum Gasteiger partial charge on any atom is -0.495 e. The Morgan fingerprint density at radius 1 is 1.24 bits per heavy atom. The molecule has 45 heavy (non-hydrogen) atoms. The first-order valence-corrected chi connectivity index (χ1v) is 15.2. The van der Waals surface area contributed by atoms with E-state index in [0.29, 0.717) is 65.8 Å². The minimum absolute atomic E-state index is 0.0739. The second kappa shape index (κ2) is 13.2. The predicted octanol–water partition coefficient (Wildman–Crippen LogP) is 6.18. The molecule has 2 atom stereocenters. The molecule has 0 bridgehead atoms. The lowest BCUT2D eigenvalue weighted by atomic mass is 9.93. The number of methoxy groups -OCH3 is 1. The van der Waals surface area contributed by atoms with Gasteiger partial charge in [0.15, 0.2) is 11.6 Å². The van der Waals surface area contributed by atoms with Gasteiger partial charge in [-0.1, -0.05) is 30.1 Å². The number of nitrogens with zero attached hydrogens (tertiary/aromatic N) is 2. The molecule has 5 N–H and O–H groups in total. The van der Waals surface area contributed by atoms with Crippen molar-refractivity contribution in [2.24, 2.45) is 16.6 Å². The van der Waals surface area contributed by atoms with Crippen LogP contribution >= 0.6 is 23.2 Å². The molecular weight excluding hydrogens is 627 g/mol. The van der Waals surface area contributed by atoms with Crippen LogP contribution in [-0.2, 0) is 4.79 Å². The molecule has 2 aromatic carbocycles. The second-order valence-electron chi connectivity index (χ2n) is 11.4. The maximum atomic E-state index is 14.2. The summed E-state index contributed by atoms with van der Waals surface area (Å²) in [5.41, 5.74) is 14.3. The first-order chi connectivity index (χ1) is 21.5. The third-order valence-electron chi connectivity index (χ3n) is 8.09. The average molecular weight is 661 g/mol. The van der Waals surface area contributed by atoms with Crippen LogP contribution in [0.4, 0.5) is 14.5 Å². The van der Waals surface area contributed by atoms with E-state index in [1.54, 1.807) is 12.1 Å². The lowest BCUT2D eigenvalue weighted by molar-refractivity contribution is -0.106. The number of halogens is 4. The number of carbonyl (C=O) groups is 2. The van der Waals surface area contributed by atoms with Gasteiger partial charge in [0, 0.05) is 65.4 Å². The smallest absolute Gasteiger partial charge is 0.251 e.